The molecule has 1 aromatic rings. The summed E-state index contributed by atoms with van der Waals surface area (Å²) in [6, 6.07) is 1.64. The molecule has 0 bridgehead atoms. The third-order valence-electron chi connectivity index (χ3n) is 3.45. The van der Waals surface area contributed by atoms with Crippen molar-refractivity contribution >= 4 is 37.3 Å². The third kappa shape index (κ3) is 4.01. The Hall–Kier alpha value is 0.0500. The first kappa shape index (κ1) is 15.4. The maximum Gasteiger partial charge on any atom is 0.241 e. The Morgan fingerprint density at radius 3 is 2.84 bits per heavy atom. The van der Waals surface area contributed by atoms with Crippen LogP contribution in [0, 0.1) is 12.8 Å². The molecule has 0 amide bonds. The van der Waals surface area contributed by atoms with Crippen LogP contribution in [0.1, 0.15) is 30.6 Å². The summed E-state index contributed by atoms with van der Waals surface area (Å²) in [7, 11) is -3.44. The Morgan fingerprint density at radius 1 is 1.53 bits per heavy atom. The van der Waals surface area contributed by atoms with Crippen LogP contribution in [0.15, 0.2) is 14.7 Å². The van der Waals surface area contributed by atoms with E-state index in [9.17, 15) is 13.5 Å². The summed E-state index contributed by atoms with van der Waals surface area (Å²) in [5.41, 5.74) is 0. The largest absolute Gasteiger partial charge is 0.393 e. The van der Waals surface area contributed by atoms with Crippen LogP contribution < -0.4 is 4.72 Å². The van der Waals surface area contributed by atoms with Crippen molar-refractivity contribution in [3.63, 3.8) is 0 Å². The lowest BCUT2D eigenvalue weighted by Gasteiger charge is -2.25. The van der Waals surface area contributed by atoms with Crippen molar-refractivity contribution in [2.24, 2.45) is 5.92 Å². The smallest absolute Gasteiger partial charge is 0.241 e. The van der Waals surface area contributed by atoms with E-state index in [1.165, 1.54) is 11.3 Å². The van der Waals surface area contributed by atoms with Crippen LogP contribution in [0.25, 0.3) is 0 Å². The van der Waals surface area contributed by atoms with Gasteiger partial charge in [-0.05, 0) is 54.1 Å². The van der Waals surface area contributed by atoms with Gasteiger partial charge in [-0.2, -0.15) is 0 Å². The van der Waals surface area contributed by atoms with E-state index in [1.54, 1.807) is 13.0 Å². The molecule has 1 aliphatic carbocycles. The van der Waals surface area contributed by atoms with Gasteiger partial charge in [0.05, 0.1) is 14.8 Å². The van der Waals surface area contributed by atoms with Gasteiger partial charge in [-0.25, -0.2) is 13.1 Å². The number of aryl methyl sites for hydroxylation is 1. The molecule has 4 nitrogen and oxygen atoms in total. The van der Waals surface area contributed by atoms with Crippen LogP contribution >= 0.6 is 27.3 Å². The van der Waals surface area contributed by atoms with Crippen molar-refractivity contribution in [2.75, 3.05) is 6.54 Å². The van der Waals surface area contributed by atoms with Gasteiger partial charge in [0.25, 0.3) is 0 Å². The Morgan fingerprint density at radius 2 is 2.26 bits per heavy atom. The molecule has 7 heteroatoms. The van der Waals surface area contributed by atoms with E-state index in [0.29, 0.717) is 17.9 Å². The van der Waals surface area contributed by atoms with Gasteiger partial charge in [-0.1, -0.05) is 6.42 Å². The molecule has 1 aliphatic rings. The molecule has 2 rings (SSSR count). The topological polar surface area (TPSA) is 66.4 Å². The van der Waals surface area contributed by atoms with Gasteiger partial charge in [-0.15, -0.1) is 11.3 Å². The van der Waals surface area contributed by atoms with Crippen LogP contribution in [0.5, 0.6) is 0 Å². The maximum absolute atomic E-state index is 12.2. The molecule has 1 fully saturated rings. The van der Waals surface area contributed by atoms with Crippen LogP contribution in [-0.4, -0.2) is 26.2 Å². The molecular weight excluding hydrogens is 350 g/mol. The van der Waals surface area contributed by atoms with Crippen LogP contribution in [0.4, 0.5) is 0 Å². The first-order valence-corrected chi connectivity index (χ1v) is 9.41. The summed E-state index contributed by atoms with van der Waals surface area (Å²) < 4.78 is 27.9. The minimum absolute atomic E-state index is 0.237. The second-order valence-corrected chi connectivity index (χ2v) is 9.38. The van der Waals surface area contributed by atoms with Crippen LogP contribution in [0.2, 0.25) is 0 Å². The molecule has 0 saturated heterocycles. The Labute approximate surface area is 126 Å². The summed E-state index contributed by atoms with van der Waals surface area (Å²) in [5, 5.41) is 9.59. The lowest BCUT2D eigenvalue weighted by Crippen LogP contribution is -2.33. The van der Waals surface area contributed by atoms with Crippen LogP contribution in [-0.2, 0) is 10.0 Å². The highest BCUT2D eigenvalue weighted by Gasteiger charge is 2.24. The van der Waals surface area contributed by atoms with E-state index in [-0.39, 0.29) is 12.0 Å². The van der Waals surface area contributed by atoms with Gasteiger partial charge in [0.2, 0.25) is 10.0 Å². The van der Waals surface area contributed by atoms with Crippen molar-refractivity contribution in [2.45, 2.75) is 43.6 Å². The summed E-state index contributed by atoms with van der Waals surface area (Å²) in [5.74, 6) is 0.237. The summed E-state index contributed by atoms with van der Waals surface area (Å²) in [6.07, 6.45) is 3.19. The predicted octanol–water partition coefficient (Wildman–Crippen LogP) is 2.65. The molecule has 0 aromatic carbocycles. The molecule has 2 atom stereocenters. The maximum atomic E-state index is 12.2. The second-order valence-electron chi connectivity index (χ2n) is 5.01. The number of hydrogen-bond donors (Lipinski definition) is 2. The Bertz CT molecular complexity index is 541. The molecule has 2 unspecified atom stereocenters. The quantitative estimate of drug-likeness (QED) is 0.859. The van der Waals surface area contributed by atoms with Gasteiger partial charge in [-0.3, -0.25) is 0 Å². The van der Waals surface area contributed by atoms with Gasteiger partial charge in [0.1, 0.15) is 0 Å². The highest BCUT2D eigenvalue weighted by Crippen LogP contribution is 2.30. The molecule has 1 aromatic heterocycles. The number of aliphatic hydroxyl groups excluding tert-OH is 1. The normalized spacial score (nSPS) is 24.6. The fourth-order valence-electron chi connectivity index (χ4n) is 2.45. The molecule has 1 saturated carbocycles. The van der Waals surface area contributed by atoms with Crippen molar-refractivity contribution in [1.82, 2.24) is 4.72 Å². The van der Waals surface area contributed by atoms with E-state index in [1.807, 2.05) is 0 Å². The minimum atomic E-state index is -3.44. The van der Waals surface area contributed by atoms with E-state index in [2.05, 4.69) is 20.7 Å². The van der Waals surface area contributed by atoms with Gasteiger partial charge in [0, 0.05) is 11.4 Å². The first-order chi connectivity index (χ1) is 8.88. The van der Waals surface area contributed by atoms with E-state index in [0.717, 1.165) is 27.9 Å². The van der Waals surface area contributed by atoms with Crippen LogP contribution in [0.3, 0.4) is 0 Å². The number of sulfonamides is 1. The van der Waals surface area contributed by atoms with Crippen molar-refractivity contribution in [3.8, 4) is 0 Å². The number of thiophene rings is 1. The molecule has 0 radical (unpaired) electrons. The molecule has 108 valence electrons. The molecule has 1 heterocycles. The Kier molecular flexibility index (Phi) is 5.05. The van der Waals surface area contributed by atoms with E-state index < -0.39 is 10.0 Å². The molecule has 2 N–H and O–H groups in total. The zero-order valence-corrected chi connectivity index (χ0v) is 13.9. The van der Waals surface area contributed by atoms with E-state index >= 15 is 0 Å². The summed E-state index contributed by atoms with van der Waals surface area (Å²) in [6.45, 7) is 2.21. The van der Waals surface area contributed by atoms with Gasteiger partial charge >= 0.3 is 0 Å². The van der Waals surface area contributed by atoms with Gasteiger partial charge in [0.15, 0.2) is 0 Å². The fourth-order valence-corrected chi connectivity index (χ4v) is 5.98. The lowest BCUT2D eigenvalue weighted by atomic mass is 9.87. The Balaban J connectivity index is 2.00. The third-order valence-corrected chi connectivity index (χ3v) is 6.68. The number of rotatable bonds is 4. The standard InChI is InChI=1S/C12H18BrNO3S2/c1-8-11(6-12(13)18-8)19(16,17)14-7-9-3-2-4-10(15)5-9/h6,9-10,14-15H,2-5,7H2,1H3. The van der Waals surface area contributed by atoms with E-state index in [4.69, 9.17) is 0 Å². The summed E-state index contributed by atoms with van der Waals surface area (Å²) in [4.78, 5) is 1.13. The lowest BCUT2D eigenvalue weighted by molar-refractivity contribution is 0.102. The highest BCUT2D eigenvalue weighted by molar-refractivity contribution is 9.11. The highest BCUT2D eigenvalue weighted by atomic mass is 79.9. The number of aliphatic hydroxyl groups is 1. The monoisotopic (exact) mass is 367 g/mol. The van der Waals surface area contributed by atoms with Gasteiger partial charge < -0.3 is 5.11 Å². The number of halogens is 1. The average molecular weight is 368 g/mol. The van der Waals surface area contributed by atoms with Crippen molar-refractivity contribution in [1.29, 1.82) is 0 Å². The second kappa shape index (κ2) is 6.22. The zero-order chi connectivity index (χ0) is 14.0. The molecular formula is C12H18BrNO3S2. The number of hydrogen-bond acceptors (Lipinski definition) is 4. The molecule has 0 aliphatic heterocycles. The minimum Gasteiger partial charge on any atom is -0.393 e. The van der Waals surface area contributed by atoms with Crippen molar-refractivity contribution < 1.29 is 13.5 Å². The average Bonchev–Trinajstić information content (AvgIpc) is 2.67. The zero-order valence-electron chi connectivity index (χ0n) is 10.7. The first-order valence-electron chi connectivity index (χ1n) is 6.32. The molecule has 0 spiro atoms. The fraction of sp³-hybridized carbons (Fsp3) is 0.667. The number of nitrogens with one attached hydrogen (secondary N) is 1. The SMILES string of the molecule is Cc1sc(Br)cc1S(=O)(=O)NCC1CCCC(O)C1. The predicted molar refractivity (Wildman–Crippen MR) is 79.9 cm³/mol. The van der Waals surface area contributed by atoms with Crippen molar-refractivity contribution in [3.05, 3.63) is 14.7 Å². The molecule has 19 heavy (non-hydrogen) atoms. The summed E-state index contributed by atoms with van der Waals surface area (Å²) >= 11 is 4.72.